The van der Waals surface area contributed by atoms with Crippen LogP contribution in [0.2, 0.25) is 0 Å². The zero-order chi connectivity index (χ0) is 18.1. The van der Waals surface area contributed by atoms with Crippen LogP contribution in [0.15, 0.2) is 24.4 Å². The summed E-state index contributed by atoms with van der Waals surface area (Å²) in [7, 11) is 2.97. The summed E-state index contributed by atoms with van der Waals surface area (Å²) < 4.78 is 6.93. The maximum Gasteiger partial charge on any atom is 0.144 e. The molecule has 3 nitrogen and oxygen atoms in total. The van der Waals surface area contributed by atoms with E-state index in [-0.39, 0.29) is 0 Å². The Balaban J connectivity index is 2.56. The van der Waals surface area contributed by atoms with Crippen molar-refractivity contribution in [1.82, 2.24) is 9.88 Å². The first-order valence-electron chi connectivity index (χ1n) is 8.93. The number of benzene rings is 1. The van der Waals surface area contributed by atoms with Crippen LogP contribution in [0.5, 0.6) is 5.75 Å². The molecule has 1 aromatic heterocycles. The second-order valence-electron chi connectivity index (χ2n) is 7.66. The Morgan fingerprint density at radius 1 is 1.00 bits per heavy atom. The maximum atomic E-state index is 6.93. The molecule has 0 bridgehead atoms. The number of H-pyrrole nitrogens is 1. The van der Waals surface area contributed by atoms with Gasteiger partial charge in [-0.1, -0.05) is 57.9 Å². The minimum atomic E-state index is -1.24. The minimum Gasteiger partial charge on any atom is -0.447 e. The van der Waals surface area contributed by atoms with Gasteiger partial charge in [-0.2, -0.15) is 0 Å². The summed E-state index contributed by atoms with van der Waals surface area (Å²) in [6.45, 7) is 14.8. The maximum absolute atomic E-state index is 6.93. The third-order valence-electron chi connectivity index (χ3n) is 4.68. The third-order valence-corrected chi connectivity index (χ3v) is 9.57. The number of fused-ring (bicyclic) bond motifs is 1. The van der Waals surface area contributed by atoms with Gasteiger partial charge in [-0.25, -0.2) is 0 Å². The average molecular weight is 351 g/mol. The monoisotopic (exact) mass is 350 g/mol. The Bertz CT molecular complexity index is 652. The molecule has 0 fully saturated rings. The predicted molar refractivity (Wildman–Crippen MR) is 109 cm³/mol. The molecule has 0 radical (unpaired) electrons. The van der Waals surface area contributed by atoms with Gasteiger partial charge in [-0.05, 0) is 31.8 Å². The summed E-state index contributed by atoms with van der Waals surface area (Å²) in [5, 5.41) is 2.79. The van der Waals surface area contributed by atoms with Gasteiger partial charge in [0.15, 0.2) is 0 Å². The van der Waals surface area contributed by atoms with Crippen molar-refractivity contribution in [3.8, 4) is 5.75 Å². The van der Waals surface area contributed by atoms with Crippen molar-refractivity contribution in [2.24, 2.45) is 0 Å². The van der Waals surface area contributed by atoms with Gasteiger partial charge >= 0.3 is 0 Å². The zero-order valence-corrected chi connectivity index (χ0v) is 17.3. The van der Waals surface area contributed by atoms with Crippen molar-refractivity contribution in [3.05, 3.63) is 30.0 Å². The van der Waals surface area contributed by atoms with E-state index < -0.39 is 10.3 Å². The molecule has 2 rings (SSSR count). The van der Waals surface area contributed by atoms with Gasteiger partial charge in [0.25, 0.3) is 0 Å². The molecule has 1 aromatic carbocycles. The number of rotatable bonds is 7. The molecule has 0 saturated heterocycles. The molecule has 4 heteroatoms. The van der Waals surface area contributed by atoms with E-state index in [2.05, 4.69) is 89.9 Å². The van der Waals surface area contributed by atoms with Gasteiger partial charge in [0, 0.05) is 39.4 Å². The Hall–Kier alpha value is -1.13. The first-order valence-corrected chi connectivity index (χ1v) is 10.7. The third kappa shape index (κ3) is 3.45. The van der Waals surface area contributed by atoms with Gasteiger partial charge < -0.3 is 14.1 Å². The van der Waals surface area contributed by atoms with E-state index in [1.807, 2.05) is 0 Å². The fourth-order valence-corrected chi connectivity index (χ4v) is 8.12. The number of nitrogens with one attached hydrogen (secondary N) is 1. The first-order chi connectivity index (χ1) is 11.2. The summed E-state index contributed by atoms with van der Waals surface area (Å²) in [6, 6.07) is 6.38. The molecule has 0 amide bonds. The highest BCUT2D eigenvalue weighted by Gasteiger charge is 2.37. The molecular weight excluding hydrogens is 316 g/mol. The highest BCUT2D eigenvalue weighted by Crippen LogP contribution is 2.61. The zero-order valence-electron chi connectivity index (χ0n) is 16.5. The second kappa shape index (κ2) is 7.40. The number of hydrogen-bond donors (Lipinski definition) is 1. The number of hydrogen-bond acceptors (Lipinski definition) is 2. The Morgan fingerprint density at radius 3 is 2.08 bits per heavy atom. The van der Waals surface area contributed by atoms with Crippen LogP contribution in [0.4, 0.5) is 0 Å². The Labute approximate surface area is 149 Å². The van der Waals surface area contributed by atoms with Crippen molar-refractivity contribution in [3.63, 3.8) is 0 Å². The molecule has 0 spiro atoms. The van der Waals surface area contributed by atoms with Crippen molar-refractivity contribution in [2.75, 3.05) is 14.1 Å². The largest absolute Gasteiger partial charge is 0.447 e. The molecule has 24 heavy (non-hydrogen) atoms. The lowest BCUT2D eigenvalue weighted by atomic mass is 10.1. The molecule has 1 N–H and O–H groups in total. The van der Waals surface area contributed by atoms with Crippen molar-refractivity contribution in [1.29, 1.82) is 0 Å². The molecule has 136 valence electrons. The van der Waals surface area contributed by atoms with E-state index in [4.69, 9.17) is 4.18 Å². The molecule has 0 unspecified atom stereocenters. The summed E-state index contributed by atoms with van der Waals surface area (Å²) >= 11 is 0. The number of aromatic nitrogens is 1. The van der Waals surface area contributed by atoms with Gasteiger partial charge in [0.1, 0.15) is 5.75 Å². The molecule has 0 saturated carbocycles. The summed E-state index contributed by atoms with van der Waals surface area (Å²) in [5.41, 5.74) is 2.46. The van der Waals surface area contributed by atoms with Crippen LogP contribution in [-0.2, 0) is 6.54 Å². The lowest BCUT2D eigenvalue weighted by Gasteiger charge is -2.50. The fourth-order valence-electron chi connectivity index (χ4n) is 3.83. The Kier molecular flexibility index (Phi) is 5.92. The lowest BCUT2D eigenvalue weighted by Crippen LogP contribution is -2.33. The Morgan fingerprint density at radius 2 is 1.58 bits per heavy atom. The van der Waals surface area contributed by atoms with E-state index in [9.17, 15) is 0 Å². The molecule has 0 aliphatic heterocycles. The summed E-state index contributed by atoms with van der Waals surface area (Å²) in [4.78, 5) is 5.61. The van der Waals surface area contributed by atoms with Gasteiger partial charge in [-0.15, -0.1) is 0 Å². The summed E-state index contributed by atoms with van der Waals surface area (Å²) in [6.07, 6.45) is 2.12. The quantitative estimate of drug-likeness (QED) is 0.709. The molecule has 0 aliphatic carbocycles. The normalized spacial score (nSPS) is 13.7. The second-order valence-corrected chi connectivity index (χ2v) is 12.0. The van der Waals surface area contributed by atoms with Crippen LogP contribution in [0.3, 0.4) is 0 Å². The van der Waals surface area contributed by atoms with Gasteiger partial charge in [-0.3, -0.25) is 0 Å². The van der Waals surface area contributed by atoms with Crippen molar-refractivity contribution >= 4 is 21.2 Å². The predicted octanol–water partition coefficient (Wildman–Crippen LogP) is 5.55. The van der Waals surface area contributed by atoms with Crippen LogP contribution >= 0.6 is 10.3 Å². The van der Waals surface area contributed by atoms with E-state index in [1.165, 1.54) is 10.9 Å². The summed E-state index contributed by atoms with van der Waals surface area (Å²) in [5.74, 6) is 1.04. The lowest BCUT2D eigenvalue weighted by molar-refractivity contribution is 0.404. The van der Waals surface area contributed by atoms with Crippen LogP contribution in [0, 0.1) is 0 Å². The van der Waals surface area contributed by atoms with Crippen LogP contribution in [0.1, 0.15) is 47.1 Å². The van der Waals surface area contributed by atoms with Crippen LogP contribution in [-0.4, -0.2) is 39.7 Å². The van der Waals surface area contributed by atoms with Gasteiger partial charge in [0.2, 0.25) is 0 Å². The first kappa shape index (κ1) is 19.2. The minimum absolute atomic E-state index is 0.518. The molecule has 0 atom stereocenters. The molecule has 1 heterocycles. The SMILES string of the molecule is CC(C)S(Oc1cccc2[nH]cc(CN(C)C)c12)(C(C)C)C(C)C. The molecule has 2 aromatic rings. The van der Waals surface area contributed by atoms with Crippen molar-refractivity contribution < 1.29 is 4.18 Å². The van der Waals surface area contributed by atoms with Crippen LogP contribution in [0.25, 0.3) is 10.9 Å². The highest BCUT2D eigenvalue weighted by atomic mass is 32.3. The highest BCUT2D eigenvalue weighted by molar-refractivity contribution is 8.31. The number of nitrogens with zero attached hydrogens (tertiary/aromatic N) is 1. The topological polar surface area (TPSA) is 28.3 Å². The van der Waals surface area contributed by atoms with Gasteiger partial charge in [0.05, 0.1) is 0 Å². The molecule has 0 aliphatic rings. The van der Waals surface area contributed by atoms with Crippen molar-refractivity contribution in [2.45, 2.75) is 63.8 Å². The van der Waals surface area contributed by atoms with E-state index >= 15 is 0 Å². The smallest absolute Gasteiger partial charge is 0.144 e. The van der Waals surface area contributed by atoms with E-state index in [0.29, 0.717) is 15.7 Å². The average Bonchev–Trinajstić information content (AvgIpc) is 2.86. The standard InChI is InChI=1S/C20H34N2OS/c1-14(2)24(15(3)4,16(5)6)23-19-11-9-10-18-20(19)17(12-21-18)13-22(7)8/h9-12,14-16,21H,13H2,1-8H3. The van der Waals surface area contributed by atoms with E-state index in [0.717, 1.165) is 17.8 Å². The van der Waals surface area contributed by atoms with E-state index in [1.54, 1.807) is 0 Å². The molecular formula is C20H34N2OS. The fraction of sp³-hybridized carbons (Fsp3) is 0.600. The van der Waals surface area contributed by atoms with Crippen LogP contribution < -0.4 is 4.18 Å². The number of aromatic amines is 1.